The Hall–Kier alpha value is -1.50. The number of hydrogen-bond acceptors (Lipinski definition) is 5. The van der Waals surface area contributed by atoms with E-state index in [1.54, 1.807) is 0 Å². The summed E-state index contributed by atoms with van der Waals surface area (Å²) < 4.78 is 37.0. The Morgan fingerprint density at radius 2 is 2.22 bits per heavy atom. The van der Waals surface area contributed by atoms with Crippen LogP contribution in [0, 0.1) is 0 Å². The van der Waals surface area contributed by atoms with E-state index in [2.05, 4.69) is 4.74 Å². The Labute approximate surface area is 103 Å². The molecule has 0 amide bonds. The number of likely N-dealkylation sites (N-methyl/N-ethyl adjacent to an activating group) is 1. The van der Waals surface area contributed by atoms with Crippen LogP contribution in [0.2, 0.25) is 0 Å². The van der Waals surface area contributed by atoms with E-state index in [-0.39, 0.29) is 6.61 Å². The van der Waals surface area contributed by atoms with Crippen molar-refractivity contribution in [1.29, 1.82) is 0 Å². The molecular weight excluding hydrogens is 248 g/mol. The highest BCUT2D eigenvalue weighted by Gasteiger charge is 2.54. The smallest absolute Gasteiger partial charge is 0.378 e. The van der Waals surface area contributed by atoms with Crippen molar-refractivity contribution >= 4 is 11.9 Å². The second kappa shape index (κ2) is 5.43. The molecule has 0 radical (unpaired) electrons. The number of cyclic esters (lactones) is 1. The zero-order chi connectivity index (χ0) is 13.9. The molecule has 0 saturated carbocycles. The molecule has 1 heterocycles. The summed E-state index contributed by atoms with van der Waals surface area (Å²) in [7, 11) is 2.75. The van der Waals surface area contributed by atoms with Crippen molar-refractivity contribution in [2.75, 3.05) is 20.7 Å². The number of ether oxygens (including phenoxy) is 2. The van der Waals surface area contributed by atoms with E-state index in [0.717, 1.165) is 11.0 Å². The van der Waals surface area contributed by atoms with Gasteiger partial charge in [-0.25, -0.2) is 9.59 Å². The van der Waals surface area contributed by atoms with Gasteiger partial charge in [0.2, 0.25) is 0 Å². The number of carbonyl (C=O) groups is 2. The normalized spacial score (nSPS) is 21.0. The molecule has 1 aliphatic heterocycles. The Balaban J connectivity index is 2.94. The summed E-state index contributed by atoms with van der Waals surface area (Å²) in [6, 6.07) is -1.60. The molecular formula is C11H15F2NO4. The maximum absolute atomic E-state index is 14.0. The predicted octanol–water partition coefficient (Wildman–Crippen LogP) is 0.597. The van der Waals surface area contributed by atoms with Gasteiger partial charge in [-0.3, -0.25) is 4.90 Å². The van der Waals surface area contributed by atoms with Crippen molar-refractivity contribution in [3.05, 3.63) is 12.2 Å². The minimum Gasteiger partial charge on any atom is -0.462 e. The molecule has 0 bridgehead atoms. The van der Waals surface area contributed by atoms with E-state index in [1.165, 1.54) is 27.1 Å². The molecule has 18 heavy (non-hydrogen) atoms. The molecule has 0 N–H and O–H groups in total. The van der Waals surface area contributed by atoms with Crippen molar-refractivity contribution in [2.45, 2.75) is 25.0 Å². The second-order valence-corrected chi connectivity index (χ2v) is 4.01. The SMILES string of the molecule is CCOC(=O)C(F)(F)C(C1C=CC(=O)O1)N(C)C. The van der Waals surface area contributed by atoms with Gasteiger partial charge in [-0.05, 0) is 27.1 Å². The van der Waals surface area contributed by atoms with Gasteiger partial charge in [-0.1, -0.05) is 0 Å². The van der Waals surface area contributed by atoms with Gasteiger partial charge in [0, 0.05) is 6.08 Å². The quantitative estimate of drug-likeness (QED) is 0.680. The van der Waals surface area contributed by atoms with Crippen LogP contribution >= 0.6 is 0 Å². The minimum atomic E-state index is -3.76. The van der Waals surface area contributed by atoms with Gasteiger partial charge in [-0.15, -0.1) is 0 Å². The van der Waals surface area contributed by atoms with E-state index >= 15 is 0 Å². The van der Waals surface area contributed by atoms with Crippen LogP contribution in [0.3, 0.4) is 0 Å². The molecule has 7 heteroatoms. The van der Waals surface area contributed by atoms with Gasteiger partial charge in [0.25, 0.3) is 0 Å². The highest BCUT2D eigenvalue weighted by molar-refractivity contribution is 5.85. The van der Waals surface area contributed by atoms with Gasteiger partial charge < -0.3 is 9.47 Å². The average molecular weight is 263 g/mol. The summed E-state index contributed by atoms with van der Waals surface area (Å²) in [5, 5.41) is 0. The Morgan fingerprint density at radius 3 is 2.61 bits per heavy atom. The number of alkyl halides is 2. The lowest BCUT2D eigenvalue weighted by molar-refractivity contribution is -0.188. The number of nitrogens with zero attached hydrogens (tertiary/aromatic N) is 1. The first kappa shape index (κ1) is 14.6. The molecule has 102 valence electrons. The number of carbonyl (C=O) groups excluding carboxylic acids is 2. The fourth-order valence-corrected chi connectivity index (χ4v) is 1.73. The third kappa shape index (κ3) is 2.84. The zero-order valence-electron chi connectivity index (χ0n) is 10.4. The molecule has 0 aromatic heterocycles. The highest BCUT2D eigenvalue weighted by atomic mass is 19.3. The van der Waals surface area contributed by atoms with Crippen molar-refractivity contribution in [1.82, 2.24) is 4.90 Å². The van der Waals surface area contributed by atoms with Gasteiger partial charge in [-0.2, -0.15) is 8.78 Å². The Kier molecular flexibility index (Phi) is 4.39. The number of halogens is 2. The summed E-state index contributed by atoms with van der Waals surface area (Å²) in [5.74, 6) is -6.09. The fourth-order valence-electron chi connectivity index (χ4n) is 1.73. The summed E-state index contributed by atoms with van der Waals surface area (Å²) in [5.41, 5.74) is 0. The summed E-state index contributed by atoms with van der Waals surface area (Å²) in [6.45, 7) is 1.29. The van der Waals surface area contributed by atoms with Crippen molar-refractivity contribution in [2.24, 2.45) is 0 Å². The molecule has 5 nitrogen and oxygen atoms in total. The van der Waals surface area contributed by atoms with Crippen LogP contribution in [0.5, 0.6) is 0 Å². The van der Waals surface area contributed by atoms with Crippen LogP contribution in [0.4, 0.5) is 8.78 Å². The maximum Gasteiger partial charge on any atom is 0.378 e. The lowest BCUT2D eigenvalue weighted by atomic mass is 10.0. The topological polar surface area (TPSA) is 55.8 Å². The predicted molar refractivity (Wildman–Crippen MR) is 58.1 cm³/mol. The maximum atomic E-state index is 14.0. The largest absolute Gasteiger partial charge is 0.462 e. The molecule has 2 unspecified atom stereocenters. The molecule has 1 rings (SSSR count). The fraction of sp³-hybridized carbons (Fsp3) is 0.636. The van der Waals surface area contributed by atoms with Gasteiger partial charge in [0.05, 0.1) is 6.61 Å². The summed E-state index contributed by atoms with van der Waals surface area (Å²) in [4.78, 5) is 23.3. The van der Waals surface area contributed by atoms with Crippen LogP contribution in [0.15, 0.2) is 12.2 Å². The van der Waals surface area contributed by atoms with E-state index in [1.807, 2.05) is 0 Å². The minimum absolute atomic E-state index is 0.144. The van der Waals surface area contributed by atoms with E-state index in [0.29, 0.717) is 0 Å². The third-order valence-corrected chi connectivity index (χ3v) is 2.46. The first-order valence-electron chi connectivity index (χ1n) is 5.41. The van der Waals surface area contributed by atoms with Gasteiger partial charge >= 0.3 is 17.9 Å². The molecule has 0 spiro atoms. The summed E-state index contributed by atoms with van der Waals surface area (Å²) in [6.07, 6.45) is 1.09. The molecule has 1 aliphatic rings. The Bertz CT molecular complexity index is 368. The molecule has 0 fully saturated rings. The monoisotopic (exact) mass is 263 g/mol. The van der Waals surface area contributed by atoms with Crippen LogP contribution in [-0.4, -0.2) is 55.6 Å². The average Bonchev–Trinajstić information content (AvgIpc) is 2.64. The number of esters is 2. The van der Waals surface area contributed by atoms with E-state index in [9.17, 15) is 18.4 Å². The van der Waals surface area contributed by atoms with Gasteiger partial charge in [0.15, 0.2) is 0 Å². The second-order valence-electron chi connectivity index (χ2n) is 4.01. The third-order valence-electron chi connectivity index (χ3n) is 2.46. The zero-order valence-corrected chi connectivity index (χ0v) is 10.4. The number of hydrogen-bond donors (Lipinski definition) is 0. The number of rotatable bonds is 5. The molecule has 0 aromatic rings. The van der Waals surface area contributed by atoms with Crippen LogP contribution < -0.4 is 0 Å². The van der Waals surface area contributed by atoms with E-state index in [4.69, 9.17) is 4.74 Å². The van der Waals surface area contributed by atoms with Crippen LogP contribution in [0.25, 0.3) is 0 Å². The first-order chi connectivity index (χ1) is 8.30. The van der Waals surface area contributed by atoms with Crippen molar-refractivity contribution in [3.63, 3.8) is 0 Å². The molecule has 0 aliphatic carbocycles. The summed E-state index contributed by atoms with van der Waals surface area (Å²) >= 11 is 0. The van der Waals surface area contributed by atoms with Crippen LogP contribution in [0.1, 0.15) is 6.92 Å². The molecule has 2 atom stereocenters. The Morgan fingerprint density at radius 1 is 1.61 bits per heavy atom. The van der Waals surface area contributed by atoms with Crippen LogP contribution in [-0.2, 0) is 19.1 Å². The molecule has 0 aromatic carbocycles. The lowest BCUT2D eigenvalue weighted by Crippen LogP contribution is -2.56. The standard InChI is InChI=1S/C11H15F2NO4/c1-4-17-10(16)11(12,13)9(14(2)3)7-5-6-8(15)18-7/h5-7,9H,4H2,1-3H3. The van der Waals surface area contributed by atoms with Gasteiger partial charge in [0.1, 0.15) is 12.1 Å². The first-order valence-corrected chi connectivity index (χ1v) is 5.41. The van der Waals surface area contributed by atoms with Crippen molar-refractivity contribution < 1.29 is 27.8 Å². The van der Waals surface area contributed by atoms with Crippen molar-refractivity contribution in [3.8, 4) is 0 Å². The molecule has 0 saturated heterocycles. The highest BCUT2D eigenvalue weighted by Crippen LogP contribution is 2.29. The lowest BCUT2D eigenvalue weighted by Gasteiger charge is -2.33. The van der Waals surface area contributed by atoms with E-state index < -0.39 is 30.0 Å².